The maximum Gasteiger partial charge on any atom is 0.238 e. The van der Waals surface area contributed by atoms with E-state index in [4.69, 9.17) is 58.1 Å². The van der Waals surface area contributed by atoms with Gasteiger partial charge in [0, 0.05) is 104 Å². The SMILES string of the molecule is c1ccc(-c2ccc3c4ccccc4n(-c4nc(-c5ccccc5)nc(-c5ccc6c(c5)oc5cccc(-c7ccccc7)c56)n4)c3c2)cc1.c1ccc(-c2nc(-c3ccc4c(c3)oc3cccc(-c5ccccc5)c34)nc(-n3c4ccccc4c4cccc(-c5ccccc5)c43)n2)cc1.c1ccc(-c2nc(-c3ccc4c(c3)oc3cccc(-c5ccccc5)c34)nc(-n3c4ccccc4c4ccccc43)n2)cc1. The Kier molecular flexibility index (Phi) is 20.5. The van der Waals surface area contributed by atoms with Gasteiger partial charge in [-0.2, -0.15) is 29.9 Å². The van der Waals surface area contributed by atoms with Gasteiger partial charge in [0.05, 0.1) is 33.1 Å². The number of furan rings is 3. The van der Waals surface area contributed by atoms with Crippen molar-refractivity contribution in [1.82, 2.24) is 58.6 Å². The van der Waals surface area contributed by atoms with Gasteiger partial charge in [-0.3, -0.25) is 13.7 Å². The maximum atomic E-state index is 6.50. The molecule has 0 aliphatic heterocycles. The highest BCUT2D eigenvalue weighted by molar-refractivity contribution is 6.18. The van der Waals surface area contributed by atoms with Crippen LogP contribution in [-0.2, 0) is 0 Å². The molecule has 674 valence electrons. The van der Waals surface area contributed by atoms with E-state index >= 15 is 0 Å². The van der Waals surface area contributed by atoms with Crippen LogP contribution in [0.1, 0.15) is 0 Å². The topological polar surface area (TPSA) is 170 Å². The number of para-hydroxylation sites is 5. The van der Waals surface area contributed by atoms with Crippen LogP contribution in [0.4, 0.5) is 0 Å². The number of fused-ring (bicyclic) bond motifs is 18. The zero-order valence-corrected chi connectivity index (χ0v) is 77.3. The lowest BCUT2D eigenvalue weighted by Gasteiger charge is -2.13. The smallest absolute Gasteiger partial charge is 0.238 e. The van der Waals surface area contributed by atoms with Crippen LogP contribution in [0.15, 0.2) is 499 Å². The zero-order chi connectivity index (χ0) is 95.1. The molecule has 0 aliphatic carbocycles. The molecule has 0 radical (unpaired) electrons. The van der Waals surface area contributed by atoms with Gasteiger partial charge in [-0.05, 0) is 135 Å². The summed E-state index contributed by atoms with van der Waals surface area (Å²) >= 11 is 0. The summed E-state index contributed by atoms with van der Waals surface area (Å²) in [7, 11) is 0. The Morgan fingerprint density at radius 3 is 0.736 bits per heavy atom. The van der Waals surface area contributed by atoms with Crippen molar-refractivity contribution < 1.29 is 13.3 Å². The summed E-state index contributed by atoms with van der Waals surface area (Å²) in [5, 5.41) is 13.3. The Hall–Kier alpha value is -19.8. The third-order valence-electron chi connectivity index (χ3n) is 27.2. The van der Waals surface area contributed by atoms with Gasteiger partial charge in [-0.1, -0.05) is 400 Å². The molecular weight excluding hydrogens is 1770 g/mol. The predicted octanol–water partition coefficient (Wildman–Crippen LogP) is 32.9. The largest absolute Gasteiger partial charge is 0.456 e. The molecule has 0 saturated carbocycles. The molecule has 0 spiro atoms. The molecule has 15 nitrogen and oxygen atoms in total. The molecule has 0 unspecified atom stereocenters. The van der Waals surface area contributed by atoms with Crippen LogP contribution in [0.25, 0.3) is 273 Å². The minimum Gasteiger partial charge on any atom is -0.456 e. The molecule has 0 atom stereocenters. The fourth-order valence-corrected chi connectivity index (χ4v) is 20.6. The number of rotatable bonds is 14. The van der Waals surface area contributed by atoms with Crippen molar-refractivity contribution in [2.45, 2.75) is 0 Å². The van der Waals surface area contributed by atoms with Gasteiger partial charge < -0.3 is 13.3 Å². The third kappa shape index (κ3) is 14.8. The highest BCUT2D eigenvalue weighted by Gasteiger charge is 2.27. The van der Waals surface area contributed by atoms with E-state index in [-0.39, 0.29) is 0 Å². The molecule has 0 aliphatic rings. The van der Waals surface area contributed by atoms with Crippen molar-refractivity contribution in [3.05, 3.63) is 485 Å². The van der Waals surface area contributed by atoms with E-state index < -0.39 is 0 Å². The summed E-state index contributed by atoms with van der Waals surface area (Å²) in [6.45, 7) is 0. The standard InChI is InChI=1S/2C45H28N4O.C39H24N4O/c1-4-14-29(15-5-1)33-21-13-25-39-41(33)37-27-26-32(28-40(37)50-39)44-46-43(31-18-8-3-9-19-31)47-45(48-44)49-38-24-11-10-20-35(38)36-23-12-22-34(42(36)49)30-16-6-2-7-17-30;1-4-13-29(14-5-1)32-23-25-36-35-19-10-11-21-38(35)49(39(36)27-32)45-47-43(31-17-8-3-9-18-31)46-44(48-45)33-24-26-37-41(28-33)50-40-22-12-20-34(42(37)40)30-15-6-2-7-16-30;1-3-12-25(13-4-1)28-18-11-21-34-36(28)31-23-22-27(24-35(31)44-34)38-40-37(26-14-5-2-6-15-26)41-39(42-38)43-32-19-9-7-16-29(32)30-17-8-10-20-33(30)43/h2*1-28H;1-24H. The molecule has 0 bridgehead atoms. The summed E-state index contributed by atoms with van der Waals surface area (Å²) in [4.78, 5) is 46.0. The maximum absolute atomic E-state index is 6.50. The Bertz CT molecular complexity index is 9970. The molecule has 29 rings (SSSR count). The first-order chi connectivity index (χ1) is 71.4. The van der Waals surface area contributed by atoms with Crippen molar-refractivity contribution in [3.63, 3.8) is 0 Å². The van der Waals surface area contributed by atoms with Crippen LogP contribution in [0.3, 0.4) is 0 Å². The Balaban J connectivity index is 0.000000108. The van der Waals surface area contributed by atoms with E-state index in [1.807, 2.05) is 164 Å². The van der Waals surface area contributed by atoms with Crippen molar-refractivity contribution in [2.75, 3.05) is 0 Å². The molecule has 0 N–H and O–H groups in total. The average molecular weight is 1850 g/mol. The first kappa shape index (κ1) is 83.6. The van der Waals surface area contributed by atoms with Crippen LogP contribution in [0.2, 0.25) is 0 Å². The van der Waals surface area contributed by atoms with Crippen LogP contribution in [0.5, 0.6) is 0 Å². The van der Waals surface area contributed by atoms with Gasteiger partial charge in [0.25, 0.3) is 0 Å². The van der Waals surface area contributed by atoms with Crippen LogP contribution in [0, 0.1) is 0 Å². The minimum atomic E-state index is 0.555. The van der Waals surface area contributed by atoms with Crippen LogP contribution in [-0.4, -0.2) is 58.6 Å². The molecule has 15 heteroatoms. The molecule has 29 aromatic rings. The van der Waals surface area contributed by atoms with Crippen molar-refractivity contribution in [2.24, 2.45) is 0 Å². The average Bonchev–Trinajstić information content (AvgIpc) is 1.56. The van der Waals surface area contributed by atoms with Gasteiger partial charge in [0.1, 0.15) is 33.5 Å². The van der Waals surface area contributed by atoms with Crippen LogP contribution >= 0.6 is 0 Å². The summed E-state index contributed by atoms with van der Waals surface area (Å²) in [6, 6.07) is 167. The Labute approximate surface area is 824 Å². The first-order valence-electron chi connectivity index (χ1n) is 48.0. The van der Waals surface area contributed by atoms with E-state index in [2.05, 4.69) is 335 Å². The predicted molar refractivity (Wildman–Crippen MR) is 584 cm³/mol. The summed E-state index contributed by atoms with van der Waals surface area (Å²) in [5.74, 6) is 5.23. The van der Waals surface area contributed by atoms with Crippen molar-refractivity contribution >= 4 is 131 Å². The molecule has 144 heavy (non-hydrogen) atoms. The quantitative estimate of drug-likeness (QED) is 0.101. The fourth-order valence-electron chi connectivity index (χ4n) is 20.6. The first-order valence-corrected chi connectivity index (χ1v) is 48.0. The Morgan fingerprint density at radius 1 is 0.139 bits per heavy atom. The molecular formula is C129H80N12O3. The number of hydrogen-bond donors (Lipinski definition) is 0. The normalized spacial score (nSPS) is 11.6. The third-order valence-corrected chi connectivity index (χ3v) is 27.2. The van der Waals surface area contributed by atoms with E-state index in [9.17, 15) is 0 Å². The van der Waals surface area contributed by atoms with Gasteiger partial charge in [0.15, 0.2) is 34.9 Å². The van der Waals surface area contributed by atoms with Crippen LogP contribution < -0.4 is 0 Å². The summed E-state index contributed by atoms with van der Waals surface area (Å²) in [5.41, 5.74) is 27.9. The molecule has 20 aromatic carbocycles. The molecule has 0 saturated heterocycles. The lowest BCUT2D eigenvalue weighted by molar-refractivity contribution is 0.668. The highest BCUT2D eigenvalue weighted by atomic mass is 16.3. The lowest BCUT2D eigenvalue weighted by Crippen LogP contribution is -2.07. The number of aromatic nitrogens is 12. The van der Waals surface area contributed by atoms with Gasteiger partial charge >= 0.3 is 0 Å². The van der Waals surface area contributed by atoms with Gasteiger partial charge in [-0.25, -0.2) is 15.0 Å². The summed E-state index contributed by atoms with van der Waals surface area (Å²) < 4.78 is 25.9. The second kappa shape index (κ2) is 35.3. The fraction of sp³-hybridized carbons (Fsp3) is 0. The molecule has 9 heterocycles. The van der Waals surface area contributed by atoms with Crippen molar-refractivity contribution in [3.8, 4) is 142 Å². The lowest BCUT2D eigenvalue weighted by atomic mass is 9.99. The minimum absolute atomic E-state index is 0.555. The van der Waals surface area contributed by atoms with E-state index in [1.165, 1.54) is 0 Å². The second-order valence-electron chi connectivity index (χ2n) is 35.8. The molecule has 0 fully saturated rings. The number of benzene rings is 20. The highest BCUT2D eigenvalue weighted by Crippen LogP contribution is 2.46. The second-order valence-corrected chi connectivity index (χ2v) is 35.8. The molecule has 0 amide bonds. The van der Waals surface area contributed by atoms with E-state index in [0.717, 1.165) is 220 Å². The van der Waals surface area contributed by atoms with Gasteiger partial charge in [0.2, 0.25) is 17.8 Å². The van der Waals surface area contributed by atoms with Crippen molar-refractivity contribution in [1.29, 1.82) is 0 Å². The van der Waals surface area contributed by atoms with E-state index in [1.54, 1.807) is 0 Å². The number of nitrogens with zero attached hydrogens (tertiary/aromatic N) is 12. The Morgan fingerprint density at radius 2 is 0.382 bits per heavy atom. The zero-order valence-electron chi connectivity index (χ0n) is 77.3. The van der Waals surface area contributed by atoms with E-state index in [0.29, 0.717) is 52.8 Å². The number of hydrogen-bond acceptors (Lipinski definition) is 12. The van der Waals surface area contributed by atoms with Gasteiger partial charge in [-0.15, -0.1) is 0 Å². The monoisotopic (exact) mass is 1840 g/mol. The molecule has 9 aromatic heterocycles. The summed E-state index contributed by atoms with van der Waals surface area (Å²) in [6.07, 6.45) is 0.